The second-order valence-electron chi connectivity index (χ2n) is 5.24. The van der Waals surface area contributed by atoms with Gasteiger partial charge in [0.2, 0.25) is 5.91 Å². The molecule has 0 unspecified atom stereocenters. The molecule has 2 atom stereocenters. The minimum atomic E-state index is 0. The fourth-order valence-corrected chi connectivity index (χ4v) is 2.81. The van der Waals surface area contributed by atoms with Crippen LogP contribution in [0.15, 0.2) is 16.5 Å². The highest BCUT2D eigenvalue weighted by Crippen LogP contribution is 2.32. The SMILES string of the molecule is Cc1ccc(CN(C)C(=O)[C@@H]2CCC[C@@H]2CN)o1.Cl. The maximum atomic E-state index is 12.4. The first-order valence-corrected chi connectivity index (χ1v) is 6.62. The largest absolute Gasteiger partial charge is 0.464 e. The zero-order valence-corrected chi connectivity index (χ0v) is 12.4. The molecule has 1 aromatic heterocycles. The molecule has 0 aromatic carbocycles. The second kappa shape index (κ2) is 6.96. The monoisotopic (exact) mass is 286 g/mol. The molecule has 108 valence electrons. The molecule has 5 heteroatoms. The molecule has 1 fully saturated rings. The Hall–Kier alpha value is -1.00. The third kappa shape index (κ3) is 3.74. The summed E-state index contributed by atoms with van der Waals surface area (Å²) in [6.07, 6.45) is 3.18. The van der Waals surface area contributed by atoms with Crippen molar-refractivity contribution in [1.29, 1.82) is 0 Å². The number of furan rings is 1. The first kappa shape index (κ1) is 16.1. The third-order valence-electron chi connectivity index (χ3n) is 3.84. The average molecular weight is 287 g/mol. The van der Waals surface area contributed by atoms with Crippen molar-refractivity contribution >= 4 is 18.3 Å². The van der Waals surface area contributed by atoms with Gasteiger partial charge in [-0.05, 0) is 44.4 Å². The van der Waals surface area contributed by atoms with Gasteiger partial charge in [0.15, 0.2) is 0 Å². The van der Waals surface area contributed by atoms with Crippen molar-refractivity contribution in [3.63, 3.8) is 0 Å². The Bertz CT molecular complexity index is 419. The Morgan fingerprint density at radius 3 is 2.79 bits per heavy atom. The molecule has 1 heterocycles. The second-order valence-corrected chi connectivity index (χ2v) is 5.24. The lowest BCUT2D eigenvalue weighted by atomic mass is 9.95. The third-order valence-corrected chi connectivity index (χ3v) is 3.84. The Morgan fingerprint density at radius 1 is 1.47 bits per heavy atom. The first-order chi connectivity index (χ1) is 8.61. The van der Waals surface area contributed by atoms with E-state index in [0.29, 0.717) is 19.0 Å². The number of rotatable bonds is 4. The van der Waals surface area contributed by atoms with Crippen LogP contribution in [0.25, 0.3) is 0 Å². The van der Waals surface area contributed by atoms with E-state index in [1.54, 1.807) is 4.90 Å². The molecule has 0 saturated heterocycles. The van der Waals surface area contributed by atoms with E-state index in [4.69, 9.17) is 10.2 Å². The summed E-state index contributed by atoms with van der Waals surface area (Å²) in [6, 6.07) is 3.85. The zero-order valence-electron chi connectivity index (χ0n) is 11.6. The summed E-state index contributed by atoms with van der Waals surface area (Å²) in [5.74, 6) is 2.39. The van der Waals surface area contributed by atoms with Gasteiger partial charge >= 0.3 is 0 Å². The van der Waals surface area contributed by atoms with Crippen LogP contribution >= 0.6 is 12.4 Å². The molecule has 0 spiro atoms. The average Bonchev–Trinajstić information content (AvgIpc) is 2.96. The molecule has 1 aromatic rings. The van der Waals surface area contributed by atoms with Crippen molar-refractivity contribution < 1.29 is 9.21 Å². The number of carbonyl (C=O) groups excluding carboxylic acids is 1. The fraction of sp³-hybridized carbons (Fsp3) is 0.643. The lowest BCUT2D eigenvalue weighted by molar-refractivity contribution is -0.136. The van der Waals surface area contributed by atoms with E-state index in [9.17, 15) is 4.79 Å². The number of nitrogens with zero attached hydrogens (tertiary/aromatic N) is 1. The van der Waals surface area contributed by atoms with Crippen LogP contribution in [0.2, 0.25) is 0 Å². The normalized spacial score (nSPS) is 22.1. The molecule has 2 N–H and O–H groups in total. The Kier molecular flexibility index (Phi) is 5.88. The maximum absolute atomic E-state index is 12.4. The molecule has 1 aliphatic rings. The quantitative estimate of drug-likeness (QED) is 0.924. The van der Waals surface area contributed by atoms with E-state index in [1.807, 2.05) is 26.1 Å². The summed E-state index contributed by atoms with van der Waals surface area (Å²) in [5.41, 5.74) is 5.73. The molecule has 19 heavy (non-hydrogen) atoms. The standard InChI is InChI=1S/C14H22N2O2.ClH/c1-10-6-7-12(18-10)9-16(2)14(17)13-5-3-4-11(13)8-15;/h6-7,11,13H,3-5,8-9,15H2,1-2H3;1H/t11-,13-;/m1./s1. The van der Waals surface area contributed by atoms with E-state index in [0.717, 1.165) is 30.8 Å². The van der Waals surface area contributed by atoms with Gasteiger partial charge in [-0.25, -0.2) is 0 Å². The van der Waals surface area contributed by atoms with E-state index in [2.05, 4.69) is 0 Å². The topological polar surface area (TPSA) is 59.5 Å². The summed E-state index contributed by atoms with van der Waals surface area (Å²) in [7, 11) is 1.84. The van der Waals surface area contributed by atoms with E-state index < -0.39 is 0 Å². The molecule has 4 nitrogen and oxygen atoms in total. The minimum Gasteiger partial charge on any atom is -0.464 e. The molecular weight excluding hydrogens is 264 g/mol. The molecule has 1 aliphatic carbocycles. The van der Waals surface area contributed by atoms with Crippen LogP contribution in [0.4, 0.5) is 0 Å². The number of amides is 1. The van der Waals surface area contributed by atoms with Gasteiger partial charge in [-0.2, -0.15) is 0 Å². The minimum absolute atomic E-state index is 0. The lowest BCUT2D eigenvalue weighted by Crippen LogP contribution is -2.36. The Labute approximate surface area is 120 Å². The van der Waals surface area contributed by atoms with Gasteiger partial charge in [-0.15, -0.1) is 12.4 Å². The van der Waals surface area contributed by atoms with Crippen molar-refractivity contribution in [1.82, 2.24) is 4.90 Å². The van der Waals surface area contributed by atoms with Crippen LogP contribution < -0.4 is 5.73 Å². The number of aryl methyl sites for hydroxylation is 1. The Morgan fingerprint density at radius 2 is 2.21 bits per heavy atom. The van der Waals surface area contributed by atoms with Gasteiger partial charge in [0.25, 0.3) is 0 Å². The van der Waals surface area contributed by atoms with Gasteiger partial charge in [0.1, 0.15) is 11.5 Å². The van der Waals surface area contributed by atoms with Crippen LogP contribution in [-0.4, -0.2) is 24.4 Å². The maximum Gasteiger partial charge on any atom is 0.226 e. The van der Waals surface area contributed by atoms with Crippen LogP contribution in [0.5, 0.6) is 0 Å². The van der Waals surface area contributed by atoms with Crippen molar-refractivity contribution in [3.05, 3.63) is 23.7 Å². The molecule has 1 saturated carbocycles. The molecule has 1 amide bonds. The predicted molar refractivity (Wildman–Crippen MR) is 77.1 cm³/mol. The van der Waals surface area contributed by atoms with Gasteiger partial charge < -0.3 is 15.1 Å². The van der Waals surface area contributed by atoms with Gasteiger partial charge in [0, 0.05) is 13.0 Å². The molecule has 0 aliphatic heterocycles. The van der Waals surface area contributed by atoms with Crippen LogP contribution in [0, 0.1) is 18.8 Å². The molecule has 0 bridgehead atoms. The zero-order chi connectivity index (χ0) is 13.1. The summed E-state index contributed by atoms with van der Waals surface area (Å²) in [4.78, 5) is 14.1. The summed E-state index contributed by atoms with van der Waals surface area (Å²) < 4.78 is 5.50. The van der Waals surface area contributed by atoms with Gasteiger partial charge in [0.05, 0.1) is 6.54 Å². The van der Waals surface area contributed by atoms with Crippen LogP contribution in [0.1, 0.15) is 30.8 Å². The number of hydrogen-bond acceptors (Lipinski definition) is 3. The van der Waals surface area contributed by atoms with Crippen molar-refractivity contribution in [3.8, 4) is 0 Å². The highest BCUT2D eigenvalue weighted by Gasteiger charge is 2.33. The molecular formula is C14H23ClN2O2. The lowest BCUT2D eigenvalue weighted by Gasteiger charge is -2.23. The van der Waals surface area contributed by atoms with Crippen LogP contribution in [-0.2, 0) is 11.3 Å². The van der Waals surface area contributed by atoms with E-state index in [-0.39, 0.29) is 24.2 Å². The number of nitrogens with two attached hydrogens (primary N) is 1. The predicted octanol–water partition coefficient (Wildman–Crippen LogP) is 2.34. The van der Waals surface area contributed by atoms with Crippen molar-refractivity contribution in [2.24, 2.45) is 17.6 Å². The van der Waals surface area contributed by atoms with Gasteiger partial charge in [-0.3, -0.25) is 4.79 Å². The fourth-order valence-electron chi connectivity index (χ4n) is 2.81. The van der Waals surface area contributed by atoms with E-state index in [1.165, 1.54) is 0 Å². The number of halogens is 1. The molecule has 0 radical (unpaired) electrons. The van der Waals surface area contributed by atoms with Gasteiger partial charge in [-0.1, -0.05) is 6.42 Å². The van der Waals surface area contributed by atoms with Crippen molar-refractivity contribution in [2.75, 3.05) is 13.6 Å². The summed E-state index contributed by atoms with van der Waals surface area (Å²) in [5, 5.41) is 0. The summed E-state index contributed by atoms with van der Waals surface area (Å²) in [6.45, 7) is 3.07. The summed E-state index contributed by atoms with van der Waals surface area (Å²) >= 11 is 0. The molecule has 2 rings (SSSR count). The van der Waals surface area contributed by atoms with Crippen molar-refractivity contribution in [2.45, 2.75) is 32.7 Å². The van der Waals surface area contributed by atoms with Crippen LogP contribution in [0.3, 0.4) is 0 Å². The van der Waals surface area contributed by atoms with E-state index >= 15 is 0 Å². The Balaban J connectivity index is 0.00000180. The number of hydrogen-bond donors (Lipinski definition) is 1. The highest BCUT2D eigenvalue weighted by atomic mass is 35.5. The highest BCUT2D eigenvalue weighted by molar-refractivity contribution is 5.85. The first-order valence-electron chi connectivity index (χ1n) is 6.62. The smallest absolute Gasteiger partial charge is 0.226 e. The number of carbonyl (C=O) groups is 1.